The predicted molar refractivity (Wildman–Crippen MR) is 52.1 cm³/mol. The van der Waals surface area contributed by atoms with E-state index in [1.165, 1.54) is 4.88 Å². The van der Waals surface area contributed by atoms with E-state index in [-0.39, 0.29) is 0 Å². The zero-order chi connectivity index (χ0) is 8.97. The van der Waals surface area contributed by atoms with E-state index < -0.39 is 6.10 Å². The molecule has 0 fully saturated rings. The number of hydrogen-bond acceptors (Lipinski definition) is 2. The van der Waals surface area contributed by atoms with Gasteiger partial charge in [-0.2, -0.15) is 0 Å². The topological polar surface area (TPSA) is 20.2 Å². The van der Waals surface area contributed by atoms with Crippen molar-refractivity contribution >= 4 is 11.3 Å². The van der Waals surface area contributed by atoms with Crippen molar-refractivity contribution in [3.63, 3.8) is 0 Å². The predicted octanol–water partition coefficient (Wildman–Crippen LogP) is 2.50. The molecule has 0 bridgehead atoms. The zero-order valence-corrected chi connectivity index (χ0v) is 8.11. The van der Waals surface area contributed by atoms with Gasteiger partial charge in [0.1, 0.15) is 0 Å². The largest absolute Gasteiger partial charge is 0.387 e. The van der Waals surface area contributed by atoms with Gasteiger partial charge in [-0.1, -0.05) is 0 Å². The molecule has 1 N–H and O–H groups in total. The van der Waals surface area contributed by atoms with Crippen LogP contribution < -0.4 is 0 Å². The molecule has 0 saturated carbocycles. The maximum atomic E-state index is 9.57. The van der Waals surface area contributed by atoms with Gasteiger partial charge >= 0.3 is 0 Å². The highest BCUT2D eigenvalue weighted by Crippen LogP contribution is 2.24. The minimum atomic E-state index is -0.406. The van der Waals surface area contributed by atoms with Crippen LogP contribution in [0.3, 0.4) is 0 Å². The summed E-state index contributed by atoms with van der Waals surface area (Å²) in [5, 5.41) is 9.57. The summed E-state index contributed by atoms with van der Waals surface area (Å²) < 4.78 is 0. The molecule has 2 heteroatoms. The summed E-state index contributed by atoms with van der Waals surface area (Å²) in [6.07, 6.45) is 0.132. The Morgan fingerprint density at radius 1 is 1.58 bits per heavy atom. The molecule has 1 unspecified atom stereocenters. The Hall–Kier alpha value is -0.780. The lowest BCUT2D eigenvalue weighted by molar-refractivity contribution is 0.188. The van der Waals surface area contributed by atoms with Crippen LogP contribution in [0.1, 0.15) is 29.2 Å². The second-order valence-corrected chi connectivity index (χ2v) is 3.91. The first kappa shape index (κ1) is 9.31. The van der Waals surface area contributed by atoms with Crippen LogP contribution in [-0.2, 0) is 0 Å². The SMILES string of the molecule is CC#CCC(O)c1ccc(C)s1. The van der Waals surface area contributed by atoms with Crippen LogP contribution in [-0.4, -0.2) is 5.11 Å². The van der Waals surface area contributed by atoms with E-state index in [9.17, 15) is 5.11 Å². The standard InChI is InChI=1S/C10H12OS/c1-3-4-5-9(11)10-7-6-8(2)12-10/h6-7,9,11H,5H2,1-2H3. The maximum absolute atomic E-state index is 9.57. The highest BCUT2D eigenvalue weighted by molar-refractivity contribution is 7.12. The Morgan fingerprint density at radius 2 is 2.33 bits per heavy atom. The summed E-state index contributed by atoms with van der Waals surface area (Å²) in [5.74, 6) is 5.63. The fraction of sp³-hybridized carbons (Fsp3) is 0.400. The molecule has 0 aromatic carbocycles. The van der Waals surface area contributed by atoms with Gasteiger partial charge in [-0.25, -0.2) is 0 Å². The van der Waals surface area contributed by atoms with E-state index in [1.807, 2.05) is 19.1 Å². The van der Waals surface area contributed by atoms with Crippen molar-refractivity contribution in [1.29, 1.82) is 0 Å². The van der Waals surface area contributed by atoms with Gasteiger partial charge in [-0.05, 0) is 26.0 Å². The first-order valence-corrected chi connectivity index (χ1v) is 4.69. The van der Waals surface area contributed by atoms with E-state index in [0.717, 1.165) is 4.88 Å². The smallest absolute Gasteiger partial charge is 0.0990 e. The second kappa shape index (κ2) is 4.30. The Balaban J connectivity index is 2.62. The average Bonchev–Trinajstić information content (AvgIpc) is 2.47. The molecule has 1 aromatic heterocycles. The molecule has 0 radical (unpaired) electrons. The summed E-state index contributed by atoms with van der Waals surface area (Å²) in [7, 11) is 0. The first-order valence-electron chi connectivity index (χ1n) is 3.88. The summed E-state index contributed by atoms with van der Waals surface area (Å²) in [6, 6.07) is 3.98. The van der Waals surface area contributed by atoms with Crippen LogP contribution in [0.5, 0.6) is 0 Å². The molecule has 0 aliphatic rings. The monoisotopic (exact) mass is 180 g/mol. The molecule has 64 valence electrons. The summed E-state index contributed by atoms with van der Waals surface area (Å²) in [4.78, 5) is 2.24. The number of aryl methyl sites for hydroxylation is 1. The lowest BCUT2D eigenvalue weighted by Crippen LogP contribution is -1.91. The van der Waals surface area contributed by atoms with Gasteiger partial charge in [0.15, 0.2) is 0 Å². The number of thiophene rings is 1. The molecule has 1 aromatic rings. The number of hydrogen-bond donors (Lipinski definition) is 1. The number of aliphatic hydroxyl groups excluding tert-OH is 1. The molecular weight excluding hydrogens is 168 g/mol. The van der Waals surface area contributed by atoms with E-state index in [2.05, 4.69) is 11.8 Å². The highest BCUT2D eigenvalue weighted by Gasteiger charge is 2.06. The quantitative estimate of drug-likeness (QED) is 0.693. The third-order valence-corrected chi connectivity index (χ3v) is 2.66. The van der Waals surface area contributed by atoms with Crippen molar-refractivity contribution in [2.75, 3.05) is 0 Å². The molecule has 0 amide bonds. The Morgan fingerprint density at radius 3 is 2.83 bits per heavy atom. The van der Waals surface area contributed by atoms with Gasteiger partial charge in [-0.3, -0.25) is 0 Å². The van der Waals surface area contributed by atoms with E-state index in [1.54, 1.807) is 18.3 Å². The van der Waals surface area contributed by atoms with Gasteiger partial charge in [0.2, 0.25) is 0 Å². The Labute approximate surface area is 77.1 Å². The van der Waals surface area contributed by atoms with Gasteiger partial charge in [-0.15, -0.1) is 23.2 Å². The normalized spacial score (nSPS) is 11.9. The molecule has 1 nitrogen and oxygen atoms in total. The van der Waals surface area contributed by atoms with Crippen LogP contribution in [0.25, 0.3) is 0 Å². The molecule has 1 heterocycles. The minimum Gasteiger partial charge on any atom is -0.387 e. The molecule has 1 atom stereocenters. The lowest BCUT2D eigenvalue weighted by atomic mass is 10.2. The van der Waals surface area contributed by atoms with Crippen molar-refractivity contribution in [3.8, 4) is 11.8 Å². The molecular formula is C10H12OS. The fourth-order valence-corrected chi connectivity index (χ4v) is 1.80. The molecule has 0 aliphatic carbocycles. The summed E-state index contributed by atoms with van der Waals surface area (Å²) >= 11 is 1.63. The van der Waals surface area contributed by atoms with Gasteiger partial charge < -0.3 is 5.11 Å². The third-order valence-electron chi connectivity index (χ3n) is 1.56. The van der Waals surface area contributed by atoms with Crippen molar-refractivity contribution in [2.45, 2.75) is 26.4 Å². The van der Waals surface area contributed by atoms with Crippen LogP contribution in [0.15, 0.2) is 12.1 Å². The van der Waals surface area contributed by atoms with Crippen LogP contribution in [0.4, 0.5) is 0 Å². The lowest BCUT2D eigenvalue weighted by Gasteiger charge is -2.01. The van der Waals surface area contributed by atoms with E-state index in [4.69, 9.17) is 0 Å². The molecule has 0 spiro atoms. The van der Waals surface area contributed by atoms with E-state index in [0.29, 0.717) is 6.42 Å². The highest BCUT2D eigenvalue weighted by atomic mass is 32.1. The molecule has 1 rings (SSSR count). The maximum Gasteiger partial charge on any atom is 0.0990 e. The van der Waals surface area contributed by atoms with Gasteiger partial charge in [0, 0.05) is 16.2 Å². The van der Waals surface area contributed by atoms with Crippen molar-refractivity contribution in [1.82, 2.24) is 0 Å². The van der Waals surface area contributed by atoms with E-state index >= 15 is 0 Å². The number of rotatable bonds is 2. The third kappa shape index (κ3) is 2.37. The number of aliphatic hydroxyl groups is 1. The Kier molecular flexibility index (Phi) is 3.33. The van der Waals surface area contributed by atoms with Crippen LogP contribution in [0, 0.1) is 18.8 Å². The first-order chi connectivity index (χ1) is 5.74. The average molecular weight is 180 g/mol. The molecule has 0 saturated heterocycles. The van der Waals surface area contributed by atoms with Crippen LogP contribution >= 0.6 is 11.3 Å². The van der Waals surface area contributed by atoms with Crippen molar-refractivity contribution in [3.05, 3.63) is 21.9 Å². The molecule has 0 aliphatic heterocycles. The van der Waals surface area contributed by atoms with Gasteiger partial charge in [0.25, 0.3) is 0 Å². The summed E-state index contributed by atoms with van der Waals surface area (Å²) in [6.45, 7) is 3.82. The zero-order valence-electron chi connectivity index (χ0n) is 7.29. The van der Waals surface area contributed by atoms with Crippen LogP contribution in [0.2, 0.25) is 0 Å². The summed E-state index contributed by atoms with van der Waals surface area (Å²) in [5.41, 5.74) is 0. The Bertz CT molecular complexity index is 303. The van der Waals surface area contributed by atoms with Crippen molar-refractivity contribution in [2.24, 2.45) is 0 Å². The van der Waals surface area contributed by atoms with Crippen molar-refractivity contribution < 1.29 is 5.11 Å². The second-order valence-electron chi connectivity index (χ2n) is 2.60. The fourth-order valence-electron chi connectivity index (χ4n) is 0.932. The molecule has 12 heavy (non-hydrogen) atoms. The minimum absolute atomic E-state index is 0.406. The van der Waals surface area contributed by atoms with Gasteiger partial charge in [0.05, 0.1) is 6.10 Å².